The number of hydrogen-bond acceptors (Lipinski definition) is 9. The second-order valence-electron chi connectivity index (χ2n) is 10.8. The Labute approximate surface area is 269 Å². The van der Waals surface area contributed by atoms with Crippen LogP contribution >= 0.6 is 11.3 Å². The minimum atomic E-state index is -4.11. The van der Waals surface area contributed by atoms with Gasteiger partial charge in [0.25, 0.3) is 0 Å². The van der Waals surface area contributed by atoms with Crippen LogP contribution in [0.1, 0.15) is 34.2 Å². The molecular formula is C32H33FN4O7S2. The third kappa shape index (κ3) is 8.65. The molecule has 3 aromatic carbocycles. The maximum atomic E-state index is 15.4. The van der Waals surface area contributed by atoms with Gasteiger partial charge in [0.2, 0.25) is 11.8 Å². The van der Waals surface area contributed by atoms with Gasteiger partial charge in [0, 0.05) is 25.3 Å². The zero-order valence-electron chi connectivity index (χ0n) is 25.0. The number of alkyl carbamates (subject to hydrolysis) is 1. The van der Waals surface area contributed by atoms with E-state index < -0.39 is 44.6 Å². The lowest BCUT2D eigenvalue weighted by Gasteiger charge is -2.15. The fourth-order valence-electron chi connectivity index (χ4n) is 4.61. The van der Waals surface area contributed by atoms with Crippen LogP contribution in [0.15, 0.2) is 66.7 Å². The van der Waals surface area contributed by atoms with Crippen LogP contribution in [0.4, 0.5) is 9.18 Å². The van der Waals surface area contributed by atoms with Gasteiger partial charge in [0.1, 0.15) is 17.4 Å². The van der Waals surface area contributed by atoms with Crippen LogP contribution in [0.5, 0.6) is 0 Å². The number of hydrogen-bond donors (Lipinski definition) is 3. The molecule has 5 rings (SSSR count). The summed E-state index contributed by atoms with van der Waals surface area (Å²) in [7, 11) is -2.77. The maximum Gasteiger partial charge on any atom is 0.407 e. The number of methoxy groups -OCH3 is 1. The number of amides is 3. The van der Waals surface area contributed by atoms with Gasteiger partial charge >= 0.3 is 6.09 Å². The van der Waals surface area contributed by atoms with Crippen molar-refractivity contribution in [3.8, 4) is 11.1 Å². The van der Waals surface area contributed by atoms with Gasteiger partial charge < -0.3 is 25.4 Å². The molecule has 1 aromatic heterocycles. The molecule has 1 aliphatic rings. The number of halogens is 1. The van der Waals surface area contributed by atoms with E-state index in [2.05, 4.69) is 20.9 Å². The average Bonchev–Trinajstić information content (AvgIpc) is 3.77. The third-order valence-electron chi connectivity index (χ3n) is 7.14. The molecule has 242 valence electrons. The van der Waals surface area contributed by atoms with Gasteiger partial charge in [-0.2, -0.15) is 0 Å². The molecule has 1 aliphatic carbocycles. The van der Waals surface area contributed by atoms with Gasteiger partial charge in [-0.25, -0.2) is 22.6 Å². The van der Waals surface area contributed by atoms with E-state index in [4.69, 9.17) is 9.47 Å². The largest absolute Gasteiger partial charge is 0.445 e. The predicted molar refractivity (Wildman–Crippen MR) is 171 cm³/mol. The third-order valence-corrected chi connectivity index (χ3v) is 10.3. The standard InChI is InChI=1S/C32H33FN4O7S2/c1-43-12-13-46(41,42)29(30(39)34-18-28(38)36-23-10-11-23)31-37-26-15-24(25(33)16-27(26)45-31)22-9-5-8-21(14-22)17-35-32(40)44-19-20-6-3-2-4-7-20/h2-9,14-16,23,29H,10-13,17-19H2,1H3,(H,34,39)(H,35,40)(H,36,38). The summed E-state index contributed by atoms with van der Waals surface area (Å²) < 4.78 is 52.5. The molecule has 1 fully saturated rings. The van der Waals surface area contributed by atoms with Gasteiger partial charge in [-0.3, -0.25) is 9.59 Å². The van der Waals surface area contributed by atoms with Crippen molar-refractivity contribution >= 4 is 49.3 Å². The highest BCUT2D eigenvalue weighted by atomic mass is 32.2. The van der Waals surface area contributed by atoms with Crippen molar-refractivity contribution in [3.63, 3.8) is 0 Å². The van der Waals surface area contributed by atoms with Crippen LogP contribution in [-0.2, 0) is 42.1 Å². The zero-order chi connectivity index (χ0) is 32.7. The summed E-state index contributed by atoms with van der Waals surface area (Å²) >= 11 is 0.891. The lowest BCUT2D eigenvalue weighted by atomic mass is 10.0. The van der Waals surface area contributed by atoms with Crippen molar-refractivity contribution in [2.24, 2.45) is 0 Å². The van der Waals surface area contributed by atoms with Crippen LogP contribution < -0.4 is 16.0 Å². The smallest absolute Gasteiger partial charge is 0.407 e. The van der Waals surface area contributed by atoms with E-state index in [0.717, 1.165) is 29.7 Å². The molecule has 14 heteroatoms. The molecule has 0 bridgehead atoms. The Hall–Kier alpha value is -4.40. The summed E-state index contributed by atoms with van der Waals surface area (Å²) in [5.74, 6) is -2.34. The van der Waals surface area contributed by atoms with Gasteiger partial charge in [-0.15, -0.1) is 11.3 Å². The van der Waals surface area contributed by atoms with Gasteiger partial charge in [-0.1, -0.05) is 48.5 Å². The molecule has 1 saturated carbocycles. The van der Waals surface area contributed by atoms with E-state index >= 15 is 4.39 Å². The van der Waals surface area contributed by atoms with Crippen LogP contribution in [-0.4, -0.2) is 63.4 Å². The second kappa shape index (κ2) is 14.8. The molecule has 46 heavy (non-hydrogen) atoms. The van der Waals surface area contributed by atoms with Crippen molar-refractivity contribution < 1.29 is 36.7 Å². The molecule has 0 radical (unpaired) electrons. The Bertz CT molecular complexity index is 1830. The second-order valence-corrected chi connectivity index (χ2v) is 14.0. The first-order valence-corrected chi connectivity index (χ1v) is 17.1. The van der Waals surface area contributed by atoms with Crippen LogP contribution in [0.2, 0.25) is 0 Å². The topological polar surface area (TPSA) is 153 Å². The van der Waals surface area contributed by atoms with Crippen LogP contribution in [0.3, 0.4) is 0 Å². The molecule has 0 spiro atoms. The number of carbonyl (C=O) groups is 3. The van der Waals surface area contributed by atoms with Crippen molar-refractivity contribution in [1.29, 1.82) is 0 Å². The number of rotatable bonds is 14. The van der Waals surface area contributed by atoms with E-state index in [1.165, 1.54) is 19.2 Å². The fourth-order valence-corrected chi connectivity index (χ4v) is 7.55. The first kappa shape index (κ1) is 33.0. The van der Waals surface area contributed by atoms with Crippen LogP contribution in [0.25, 0.3) is 21.3 Å². The van der Waals surface area contributed by atoms with Gasteiger partial charge in [-0.05, 0) is 47.7 Å². The summed E-state index contributed by atoms with van der Waals surface area (Å²) in [6.45, 7) is -0.264. The number of nitrogens with one attached hydrogen (secondary N) is 3. The molecule has 0 saturated heterocycles. The molecule has 1 atom stereocenters. The first-order valence-electron chi connectivity index (χ1n) is 14.5. The number of nitrogens with zero attached hydrogens (tertiary/aromatic N) is 1. The SMILES string of the molecule is COCCS(=O)(=O)C(C(=O)NCC(=O)NC1CC1)c1nc2cc(-c3cccc(CNC(=O)OCc4ccccc4)c3)c(F)cc2s1. The van der Waals surface area contributed by atoms with Gasteiger partial charge in [0.05, 0.1) is 29.1 Å². The Balaban J connectivity index is 1.33. The number of benzene rings is 3. The fraction of sp³-hybridized carbons (Fsp3) is 0.312. The Morgan fingerprint density at radius 3 is 2.52 bits per heavy atom. The highest BCUT2D eigenvalue weighted by molar-refractivity contribution is 7.92. The number of carbonyl (C=O) groups excluding carboxylic acids is 3. The van der Waals surface area contributed by atoms with Crippen molar-refractivity contribution in [2.45, 2.75) is 37.3 Å². The maximum absolute atomic E-state index is 15.4. The summed E-state index contributed by atoms with van der Waals surface area (Å²) in [5.41, 5.74) is 2.56. The highest BCUT2D eigenvalue weighted by Crippen LogP contribution is 2.35. The summed E-state index contributed by atoms with van der Waals surface area (Å²) in [6.07, 6.45) is 1.13. The normalized spacial score (nSPS) is 13.6. The van der Waals surface area contributed by atoms with Crippen molar-refractivity contribution in [1.82, 2.24) is 20.9 Å². The molecule has 3 amide bonds. The Morgan fingerprint density at radius 1 is 1.02 bits per heavy atom. The number of aromatic nitrogens is 1. The lowest BCUT2D eigenvalue weighted by molar-refractivity contribution is -0.126. The van der Waals surface area contributed by atoms with Crippen molar-refractivity contribution in [3.05, 3.63) is 88.7 Å². The van der Waals surface area contributed by atoms with E-state index in [1.807, 2.05) is 30.3 Å². The quantitative estimate of drug-likeness (QED) is 0.182. The Kier molecular flexibility index (Phi) is 10.6. The zero-order valence-corrected chi connectivity index (χ0v) is 26.6. The van der Waals surface area contributed by atoms with E-state index in [-0.39, 0.29) is 42.9 Å². The van der Waals surface area contributed by atoms with E-state index in [9.17, 15) is 22.8 Å². The van der Waals surface area contributed by atoms with E-state index in [0.29, 0.717) is 21.3 Å². The van der Waals surface area contributed by atoms with Crippen molar-refractivity contribution in [2.75, 3.05) is 26.0 Å². The minimum Gasteiger partial charge on any atom is -0.445 e. The predicted octanol–water partition coefficient (Wildman–Crippen LogP) is 4.03. The lowest BCUT2D eigenvalue weighted by Crippen LogP contribution is -2.41. The van der Waals surface area contributed by atoms with E-state index in [1.54, 1.807) is 24.3 Å². The first-order chi connectivity index (χ1) is 22.1. The Morgan fingerprint density at radius 2 is 1.78 bits per heavy atom. The highest BCUT2D eigenvalue weighted by Gasteiger charge is 2.37. The molecular weight excluding hydrogens is 636 g/mol. The summed E-state index contributed by atoms with van der Waals surface area (Å²) in [5, 5.41) is 6.07. The summed E-state index contributed by atoms with van der Waals surface area (Å²) in [6, 6.07) is 19.0. The monoisotopic (exact) mass is 668 g/mol. The number of ether oxygens (including phenoxy) is 2. The molecule has 1 unspecified atom stereocenters. The molecule has 3 N–H and O–H groups in total. The number of fused-ring (bicyclic) bond motifs is 1. The molecule has 0 aliphatic heterocycles. The number of sulfone groups is 1. The molecule has 11 nitrogen and oxygen atoms in total. The average molecular weight is 669 g/mol. The van der Waals surface area contributed by atoms with Gasteiger partial charge in [0.15, 0.2) is 15.1 Å². The minimum absolute atomic E-state index is 0.0466. The molecule has 1 heterocycles. The number of thiazole rings is 1. The summed E-state index contributed by atoms with van der Waals surface area (Å²) in [4.78, 5) is 42.0. The van der Waals surface area contributed by atoms with Crippen LogP contribution in [0, 0.1) is 5.82 Å². The molecule has 4 aromatic rings.